The molecular weight excluding hydrogens is 410 g/mol. The molecule has 3 rings (SSSR count). The van der Waals surface area contributed by atoms with Crippen LogP contribution in [0.2, 0.25) is 0 Å². The molecule has 0 N–H and O–H groups in total. The molecular formula is C20H23N3O4S2. The molecule has 0 spiro atoms. The Bertz CT molecular complexity index is 1130. The van der Waals surface area contributed by atoms with Gasteiger partial charge in [0.15, 0.2) is 5.13 Å². The number of rotatable bonds is 7. The van der Waals surface area contributed by atoms with Crippen LogP contribution in [-0.2, 0) is 21.4 Å². The van der Waals surface area contributed by atoms with Gasteiger partial charge in [0.2, 0.25) is 15.9 Å². The van der Waals surface area contributed by atoms with Crippen molar-refractivity contribution in [1.29, 1.82) is 0 Å². The summed E-state index contributed by atoms with van der Waals surface area (Å²) in [6.45, 7) is 2.00. The van der Waals surface area contributed by atoms with Crippen molar-refractivity contribution in [2.75, 3.05) is 31.9 Å². The van der Waals surface area contributed by atoms with Crippen molar-refractivity contribution >= 4 is 42.6 Å². The summed E-state index contributed by atoms with van der Waals surface area (Å²) in [5, 5.41) is 0.503. The summed E-state index contributed by atoms with van der Waals surface area (Å²) in [5.74, 6) is 0.283. The third-order valence-corrected chi connectivity index (χ3v) is 7.03. The normalized spacial score (nSPS) is 11.8. The fourth-order valence-electron chi connectivity index (χ4n) is 2.80. The molecule has 9 heteroatoms. The smallest absolute Gasteiger partial charge is 0.244 e. The van der Waals surface area contributed by atoms with Gasteiger partial charge in [0, 0.05) is 7.05 Å². The summed E-state index contributed by atoms with van der Waals surface area (Å²) in [6, 6.07) is 13.3. The van der Waals surface area contributed by atoms with Gasteiger partial charge < -0.3 is 4.74 Å². The Kier molecular flexibility index (Phi) is 6.21. The van der Waals surface area contributed by atoms with Gasteiger partial charge in [-0.25, -0.2) is 13.4 Å². The lowest BCUT2D eigenvalue weighted by atomic mass is 10.2. The molecule has 0 aliphatic rings. The number of anilines is 1. The second-order valence-corrected chi connectivity index (χ2v) is 9.81. The Balaban J connectivity index is 2.04. The quantitative estimate of drug-likeness (QED) is 0.572. The number of methoxy groups -OCH3 is 1. The van der Waals surface area contributed by atoms with Crippen LogP contribution in [0.3, 0.4) is 0 Å². The fraction of sp³-hybridized carbons (Fsp3) is 0.300. The maximum atomic E-state index is 13.1. The number of benzene rings is 2. The molecule has 0 unspecified atom stereocenters. The predicted octanol–water partition coefficient (Wildman–Crippen LogP) is 3.04. The van der Waals surface area contributed by atoms with Crippen LogP contribution in [0.15, 0.2) is 42.5 Å². The lowest BCUT2D eigenvalue weighted by molar-refractivity contribution is -0.118. The van der Waals surface area contributed by atoms with Gasteiger partial charge in [-0.2, -0.15) is 4.31 Å². The molecule has 0 fully saturated rings. The number of aryl methyl sites for hydroxylation is 1. The van der Waals surface area contributed by atoms with Gasteiger partial charge in [0.05, 0.1) is 31.2 Å². The average molecular weight is 434 g/mol. The fourth-order valence-corrected chi connectivity index (χ4v) is 4.21. The Hall–Kier alpha value is -2.49. The molecule has 1 amide bonds. The number of hydrogen-bond donors (Lipinski definition) is 0. The van der Waals surface area contributed by atoms with E-state index in [2.05, 4.69) is 4.98 Å². The molecule has 0 aliphatic heterocycles. The molecule has 7 nitrogen and oxygen atoms in total. The second-order valence-electron chi connectivity index (χ2n) is 6.74. The summed E-state index contributed by atoms with van der Waals surface area (Å²) in [4.78, 5) is 19.3. The second kappa shape index (κ2) is 8.48. The number of carbonyl (C=O) groups excluding carboxylic acids is 1. The zero-order chi connectivity index (χ0) is 21.2. The predicted molar refractivity (Wildman–Crippen MR) is 116 cm³/mol. The van der Waals surface area contributed by atoms with Crippen molar-refractivity contribution < 1.29 is 17.9 Å². The van der Waals surface area contributed by atoms with Crippen LogP contribution in [0.4, 0.5) is 5.13 Å². The van der Waals surface area contributed by atoms with E-state index in [1.807, 2.05) is 49.4 Å². The van der Waals surface area contributed by atoms with E-state index in [4.69, 9.17) is 4.74 Å². The van der Waals surface area contributed by atoms with E-state index in [0.29, 0.717) is 22.9 Å². The monoisotopic (exact) mass is 433 g/mol. The number of amides is 1. The summed E-state index contributed by atoms with van der Waals surface area (Å²) < 4.78 is 30.9. The van der Waals surface area contributed by atoms with Crippen molar-refractivity contribution in [3.05, 3.63) is 53.6 Å². The van der Waals surface area contributed by atoms with E-state index >= 15 is 0 Å². The minimum Gasteiger partial charge on any atom is -0.494 e. The number of ether oxygens (including phenoxy) is 1. The lowest BCUT2D eigenvalue weighted by Crippen LogP contribution is -2.40. The van der Waals surface area contributed by atoms with Gasteiger partial charge >= 0.3 is 0 Å². The number of aromatic nitrogens is 1. The van der Waals surface area contributed by atoms with Gasteiger partial charge in [-0.15, -0.1) is 0 Å². The van der Waals surface area contributed by atoms with Crippen molar-refractivity contribution in [3.63, 3.8) is 0 Å². The van der Waals surface area contributed by atoms with Gasteiger partial charge in [-0.3, -0.25) is 9.69 Å². The van der Waals surface area contributed by atoms with Crippen LogP contribution >= 0.6 is 11.3 Å². The largest absolute Gasteiger partial charge is 0.494 e. The third kappa shape index (κ3) is 4.75. The first-order chi connectivity index (χ1) is 13.7. The van der Waals surface area contributed by atoms with E-state index in [9.17, 15) is 13.2 Å². The van der Waals surface area contributed by atoms with E-state index in [-0.39, 0.29) is 12.5 Å². The first-order valence-corrected chi connectivity index (χ1v) is 11.6. The van der Waals surface area contributed by atoms with E-state index in [1.54, 1.807) is 7.11 Å². The summed E-state index contributed by atoms with van der Waals surface area (Å²) >= 11 is 1.39. The Morgan fingerprint density at radius 3 is 2.48 bits per heavy atom. The molecule has 0 aliphatic carbocycles. The summed E-state index contributed by atoms with van der Waals surface area (Å²) in [7, 11) is -0.511. The van der Waals surface area contributed by atoms with Gasteiger partial charge in [-0.1, -0.05) is 47.7 Å². The van der Waals surface area contributed by atoms with Crippen LogP contribution in [-0.4, -0.2) is 50.6 Å². The van der Waals surface area contributed by atoms with Crippen molar-refractivity contribution in [2.24, 2.45) is 0 Å². The molecule has 0 atom stereocenters. The van der Waals surface area contributed by atoms with E-state index in [1.165, 1.54) is 23.3 Å². The zero-order valence-corrected chi connectivity index (χ0v) is 18.4. The number of likely N-dealkylation sites (N-methyl/N-ethyl adjacent to an activating group) is 1. The molecule has 29 heavy (non-hydrogen) atoms. The summed E-state index contributed by atoms with van der Waals surface area (Å²) in [5.41, 5.74) is 2.64. The van der Waals surface area contributed by atoms with Gasteiger partial charge in [0.1, 0.15) is 11.3 Å². The molecule has 154 valence electrons. The Labute approximate surface area is 174 Å². The number of fused-ring (bicyclic) bond motifs is 1. The van der Waals surface area contributed by atoms with E-state index in [0.717, 1.165) is 26.4 Å². The number of nitrogens with zero attached hydrogens (tertiary/aromatic N) is 3. The molecule has 1 aromatic heterocycles. The minimum absolute atomic E-state index is 0.266. The van der Waals surface area contributed by atoms with Gasteiger partial charge in [-0.05, 0) is 24.1 Å². The third-order valence-electron chi connectivity index (χ3n) is 4.55. The molecule has 0 saturated heterocycles. The molecule has 0 bridgehead atoms. The Morgan fingerprint density at radius 2 is 1.86 bits per heavy atom. The summed E-state index contributed by atoms with van der Waals surface area (Å²) in [6.07, 6.45) is 1.08. The first kappa shape index (κ1) is 21.2. The van der Waals surface area contributed by atoms with Crippen molar-refractivity contribution in [1.82, 2.24) is 9.29 Å². The zero-order valence-electron chi connectivity index (χ0n) is 16.7. The average Bonchev–Trinajstić information content (AvgIpc) is 3.12. The maximum Gasteiger partial charge on any atom is 0.244 e. The molecule has 0 saturated carbocycles. The Morgan fingerprint density at radius 1 is 1.17 bits per heavy atom. The molecule has 1 heterocycles. The highest BCUT2D eigenvalue weighted by Crippen LogP contribution is 2.37. The van der Waals surface area contributed by atoms with Crippen molar-refractivity contribution in [3.8, 4) is 5.75 Å². The van der Waals surface area contributed by atoms with Crippen LogP contribution in [0.5, 0.6) is 5.75 Å². The van der Waals surface area contributed by atoms with Crippen LogP contribution < -0.4 is 9.64 Å². The number of thiazole rings is 1. The van der Waals surface area contributed by atoms with Gasteiger partial charge in [0.25, 0.3) is 0 Å². The van der Waals surface area contributed by atoms with Crippen LogP contribution in [0.25, 0.3) is 10.2 Å². The van der Waals surface area contributed by atoms with Crippen molar-refractivity contribution in [2.45, 2.75) is 13.5 Å². The first-order valence-electron chi connectivity index (χ1n) is 8.90. The topological polar surface area (TPSA) is 79.8 Å². The highest BCUT2D eigenvalue weighted by molar-refractivity contribution is 7.88. The van der Waals surface area contributed by atoms with Crippen LogP contribution in [0, 0.1) is 6.92 Å². The molecule has 3 aromatic rings. The highest BCUT2D eigenvalue weighted by atomic mass is 32.2. The highest BCUT2D eigenvalue weighted by Gasteiger charge is 2.25. The number of carbonyl (C=O) groups is 1. The standard InChI is InChI=1S/C20H23N3O4S2/c1-14-10-11-16(27-3)18-19(14)28-20(21-18)23(12-15-8-6-5-7-9-15)17(24)13-22(2)29(4,25)26/h5-11H,12-13H2,1-4H3. The minimum atomic E-state index is -3.48. The van der Waals surface area contributed by atoms with E-state index < -0.39 is 10.0 Å². The number of hydrogen-bond acceptors (Lipinski definition) is 6. The lowest BCUT2D eigenvalue weighted by Gasteiger charge is -2.22. The molecule has 0 radical (unpaired) electrons. The molecule has 2 aromatic carbocycles. The number of sulfonamides is 1. The maximum absolute atomic E-state index is 13.1. The SMILES string of the molecule is COc1ccc(C)c2sc(N(Cc3ccccc3)C(=O)CN(C)S(C)(=O)=O)nc12. The van der Waals surface area contributed by atoms with Crippen LogP contribution in [0.1, 0.15) is 11.1 Å².